The molecule has 18 heavy (non-hydrogen) atoms. The minimum Gasteiger partial charge on any atom is -0.327 e. The van der Waals surface area contributed by atoms with Crippen LogP contribution in [0.4, 0.5) is 0 Å². The number of unbranched alkanes of at least 4 members (excludes halogenated alkanes) is 2. The van der Waals surface area contributed by atoms with Gasteiger partial charge in [-0.25, -0.2) is 4.98 Å². The van der Waals surface area contributed by atoms with Gasteiger partial charge >= 0.3 is 0 Å². The number of hydrogen-bond acceptors (Lipinski definition) is 2. The van der Waals surface area contributed by atoms with Crippen LogP contribution in [0.5, 0.6) is 0 Å². The number of aromatic nitrogens is 2. The highest BCUT2D eigenvalue weighted by Crippen LogP contribution is 2.19. The molecule has 0 aliphatic carbocycles. The number of fused-ring (bicyclic) bond motifs is 1. The Morgan fingerprint density at radius 3 is 2.72 bits per heavy atom. The quantitative estimate of drug-likeness (QED) is 0.794. The minimum absolute atomic E-state index is 0.516. The van der Waals surface area contributed by atoms with Gasteiger partial charge < -0.3 is 10.3 Å². The molecule has 0 fully saturated rings. The van der Waals surface area contributed by atoms with Gasteiger partial charge in [0.15, 0.2) is 0 Å². The van der Waals surface area contributed by atoms with Gasteiger partial charge in [0.2, 0.25) is 0 Å². The van der Waals surface area contributed by atoms with Crippen molar-refractivity contribution in [2.75, 3.05) is 0 Å². The average Bonchev–Trinajstić information content (AvgIpc) is 2.76. The summed E-state index contributed by atoms with van der Waals surface area (Å²) in [5.41, 5.74) is 9.46. The highest BCUT2D eigenvalue weighted by atomic mass is 15.1. The molecule has 0 radical (unpaired) electrons. The first kappa shape index (κ1) is 13.1. The van der Waals surface area contributed by atoms with Gasteiger partial charge in [-0.2, -0.15) is 0 Å². The van der Waals surface area contributed by atoms with Crippen LogP contribution in [-0.4, -0.2) is 9.55 Å². The zero-order valence-electron chi connectivity index (χ0n) is 11.4. The molecule has 1 aromatic heterocycles. The van der Waals surface area contributed by atoms with Crippen LogP contribution in [0.3, 0.4) is 0 Å². The summed E-state index contributed by atoms with van der Waals surface area (Å²) in [6.07, 6.45) is 4.75. The van der Waals surface area contributed by atoms with Crippen molar-refractivity contribution in [1.82, 2.24) is 9.55 Å². The predicted octanol–water partition coefficient (Wildman–Crippen LogP) is 3.25. The molecule has 3 heteroatoms. The fourth-order valence-electron chi connectivity index (χ4n) is 2.37. The molecule has 0 unspecified atom stereocenters. The fraction of sp³-hybridized carbons (Fsp3) is 0.533. The van der Waals surface area contributed by atoms with Gasteiger partial charge in [-0.05, 0) is 30.5 Å². The summed E-state index contributed by atoms with van der Waals surface area (Å²) in [7, 11) is 0. The number of aryl methyl sites for hydroxylation is 2. The molecule has 0 aliphatic heterocycles. The average molecular weight is 245 g/mol. The van der Waals surface area contributed by atoms with E-state index in [9.17, 15) is 0 Å². The topological polar surface area (TPSA) is 43.8 Å². The first-order chi connectivity index (χ1) is 8.80. The number of nitrogens with two attached hydrogens (primary N) is 1. The first-order valence-electron chi connectivity index (χ1n) is 6.98. The van der Waals surface area contributed by atoms with E-state index in [0.717, 1.165) is 24.3 Å². The Hall–Kier alpha value is -1.35. The van der Waals surface area contributed by atoms with Crippen molar-refractivity contribution in [2.45, 2.75) is 52.6 Å². The van der Waals surface area contributed by atoms with Crippen molar-refractivity contribution in [3.8, 4) is 0 Å². The molecule has 0 amide bonds. The smallest absolute Gasteiger partial charge is 0.123 e. The van der Waals surface area contributed by atoms with Crippen LogP contribution in [-0.2, 0) is 19.5 Å². The summed E-state index contributed by atoms with van der Waals surface area (Å²) in [6, 6.07) is 6.57. The van der Waals surface area contributed by atoms with E-state index in [1.165, 1.54) is 30.3 Å². The maximum atomic E-state index is 5.81. The van der Waals surface area contributed by atoms with Gasteiger partial charge in [0.05, 0.1) is 17.6 Å². The molecular weight excluding hydrogens is 222 g/mol. The lowest BCUT2D eigenvalue weighted by Gasteiger charge is -2.07. The summed E-state index contributed by atoms with van der Waals surface area (Å²) >= 11 is 0. The van der Waals surface area contributed by atoms with Crippen LogP contribution >= 0.6 is 0 Å². The lowest BCUT2D eigenvalue weighted by atomic mass is 10.1. The van der Waals surface area contributed by atoms with Gasteiger partial charge in [0.25, 0.3) is 0 Å². The van der Waals surface area contributed by atoms with Gasteiger partial charge in [-0.3, -0.25) is 0 Å². The molecule has 0 bridgehead atoms. The lowest BCUT2D eigenvalue weighted by molar-refractivity contribution is 0.592. The summed E-state index contributed by atoms with van der Waals surface area (Å²) < 4.78 is 2.28. The maximum Gasteiger partial charge on any atom is 0.123 e. The molecule has 2 aromatic rings. The summed E-state index contributed by atoms with van der Waals surface area (Å²) in [6.45, 7) is 5.94. The zero-order chi connectivity index (χ0) is 13.0. The first-order valence-corrected chi connectivity index (χ1v) is 6.98. The molecule has 3 nitrogen and oxygen atoms in total. The van der Waals surface area contributed by atoms with E-state index in [1.807, 2.05) is 0 Å². The van der Waals surface area contributed by atoms with Crippen LogP contribution in [0, 0.1) is 0 Å². The van der Waals surface area contributed by atoms with E-state index in [-0.39, 0.29) is 0 Å². The van der Waals surface area contributed by atoms with E-state index >= 15 is 0 Å². The molecule has 98 valence electrons. The highest BCUT2D eigenvalue weighted by Gasteiger charge is 2.09. The highest BCUT2D eigenvalue weighted by molar-refractivity contribution is 5.77. The van der Waals surface area contributed by atoms with Gasteiger partial charge in [0.1, 0.15) is 5.82 Å². The normalized spacial score (nSPS) is 11.3. The van der Waals surface area contributed by atoms with Crippen molar-refractivity contribution < 1.29 is 0 Å². The summed E-state index contributed by atoms with van der Waals surface area (Å²) in [5.74, 6) is 1.01. The van der Waals surface area contributed by atoms with Crippen molar-refractivity contribution in [3.63, 3.8) is 0 Å². The fourth-order valence-corrected chi connectivity index (χ4v) is 2.37. The van der Waals surface area contributed by atoms with E-state index < -0.39 is 0 Å². The number of hydrogen-bond donors (Lipinski definition) is 1. The monoisotopic (exact) mass is 245 g/mol. The molecule has 2 N–H and O–H groups in total. The summed E-state index contributed by atoms with van der Waals surface area (Å²) in [5, 5.41) is 0. The summed E-state index contributed by atoms with van der Waals surface area (Å²) in [4.78, 5) is 4.66. The second-order valence-corrected chi connectivity index (χ2v) is 4.77. The SMILES string of the molecule is CCCCCn1c(CN)nc2cc(CC)ccc21. The van der Waals surface area contributed by atoms with Crippen LogP contribution < -0.4 is 5.73 Å². The van der Waals surface area contributed by atoms with E-state index in [2.05, 4.69) is 41.6 Å². The minimum atomic E-state index is 0.516. The van der Waals surface area contributed by atoms with Crippen LogP contribution in [0.2, 0.25) is 0 Å². The number of imidazole rings is 1. The largest absolute Gasteiger partial charge is 0.327 e. The number of rotatable bonds is 6. The Bertz CT molecular complexity index is 514. The van der Waals surface area contributed by atoms with Crippen molar-refractivity contribution in [3.05, 3.63) is 29.6 Å². The second-order valence-electron chi connectivity index (χ2n) is 4.77. The molecule has 0 spiro atoms. The third-order valence-corrected chi connectivity index (χ3v) is 3.47. The third kappa shape index (κ3) is 2.56. The van der Waals surface area contributed by atoms with Gasteiger partial charge in [0, 0.05) is 6.54 Å². The maximum absolute atomic E-state index is 5.81. The van der Waals surface area contributed by atoms with E-state index in [0.29, 0.717) is 6.54 Å². The molecular formula is C15H23N3. The van der Waals surface area contributed by atoms with E-state index in [4.69, 9.17) is 5.73 Å². The van der Waals surface area contributed by atoms with Gasteiger partial charge in [-0.1, -0.05) is 32.8 Å². The lowest BCUT2D eigenvalue weighted by Crippen LogP contribution is -2.08. The molecule has 0 aliphatic rings. The van der Waals surface area contributed by atoms with Crippen LogP contribution in [0.25, 0.3) is 11.0 Å². The Morgan fingerprint density at radius 1 is 1.22 bits per heavy atom. The Kier molecular flexibility index (Phi) is 4.37. The molecule has 0 saturated heterocycles. The van der Waals surface area contributed by atoms with Gasteiger partial charge in [-0.15, -0.1) is 0 Å². The second kappa shape index (κ2) is 6.01. The third-order valence-electron chi connectivity index (χ3n) is 3.47. The molecule has 0 atom stereocenters. The number of benzene rings is 1. The number of nitrogens with zero attached hydrogens (tertiary/aromatic N) is 2. The van der Waals surface area contributed by atoms with Crippen molar-refractivity contribution in [2.24, 2.45) is 5.73 Å². The van der Waals surface area contributed by atoms with Crippen LogP contribution in [0.15, 0.2) is 18.2 Å². The standard InChI is InChI=1S/C15H23N3/c1-3-5-6-9-18-14-8-7-12(4-2)10-13(14)17-15(18)11-16/h7-8,10H,3-6,9,11,16H2,1-2H3. The molecule has 0 saturated carbocycles. The predicted molar refractivity (Wildman–Crippen MR) is 76.5 cm³/mol. The van der Waals surface area contributed by atoms with Crippen molar-refractivity contribution in [1.29, 1.82) is 0 Å². The Labute approximate surface area is 109 Å². The van der Waals surface area contributed by atoms with Crippen molar-refractivity contribution >= 4 is 11.0 Å². The van der Waals surface area contributed by atoms with Crippen LogP contribution in [0.1, 0.15) is 44.5 Å². The Balaban J connectivity index is 2.36. The van der Waals surface area contributed by atoms with E-state index in [1.54, 1.807) is 0 Å². The Morgan fingerprint density at radius 2 is 2.06 bits per heavy atom. The molecule has 2 rings (SSSR count). The molecule has 1 aromatic carbocycles. The molecule has 1 heterocycles. The zero-order valence-corrected chi connectivity index (χ0v) is 11.4.